The average Bonchev–Trinajstić information content (AvgIpc) is 2.47. The van der Waals surface area contributed by atoms with Gasteiger partial charge in [-0.15, -0.1) is 0 Å². The quantitative estimate of drug-likeness (QED) is 0.694. The van der Waals surface area contributed by atoms with Crippen LogP contribution < -0.4 is 0 Å². The van der Waals surface area contributed by atoms with Crippen LogP contribution in [0.15, 0.2) is 18.3 Å². The molecule has 0 atom stereocenters. The van der Waals surface area contributed by atoms with Gasteiger partial charge in [0.25, 0.3) is 0 Å². The topological polar surface area (TPSA) is 32.9 Å². The first-order valence-corrected chi connectivity index (χ1v) is 4.32. The van der Waals surface area contributed by atoms with Gasteiger partial charge in [0.15, 0.2) is 6.29 Å². The largest absolute Gasteiger partial charge is 0.360 e. The second-order valence-electron chi connectivity index (χ2n) is 3.03. The molecule has 0 spiro atoms. The lowest BCUT2D eigenvalue weighted by atomic mass is 10.1. The lowest BCUT2D eigenvalue weighted by Gasteiger charge is -1.97. The van der Waals surface area contributed by atoms with Crippen molar-refractivity contribution in [1.82, 2.24) is 4.98 Å². The highest BCUT2D eigenvalue weighted by atomic mass is 35.5. The number of hydrogen-bond donors (Lipinski definition) is 1. The molecule has 1 heterocycles. The van der Waals surface area contributed by atoms with Crippen LogP contribution in [-0.4, -0.2) is 11.3 Å². The van der Waals surface area contributed by atoms with Crippen LogP contribution in [0, 0.1) is 6.92 Å². The Kier molecular flexibility index (Phi) is 1.85. The van der Waals surface area contributed by atoms with Gasteiger partial charge in [-0.25, -0.2) is 0 Å². The molecule has 0 saturated carbocycles. The van der Waals surface area contributed by atoms with Crippen LogP contribution in [0.4, 0.5) is 0 Å². The minimum absolute atomic E-state index is 0.611. The number of aromatic amines is 1. The molecule has 13 heavy (non-hydrogen) atoms. The maximum atomic E-state index is 10.6. The highest BCUT2D eigenvalue weighted by molar-refractivity contribution is 6.36. The minimum atomic E-state index is 0.611. The first-order valence-electron chi connectivity index (χ1n) is 3.95. The van der Waals surface area contributed by atoms with Crippen LogP contribution in [-0.2, 0) is 0 Å². The number of fused-ring (bicyclic) bond motifs is 1. The van der Waals surface area contributed by atoms with E-state index in [2.05, 4.69) is 4.98 Å². The molecule has 0 saturated heterocycles. The third kappa shape index (κ3) is 1.23. The van der Waals surface area contributed by atoms with Crippen molar-refractivity contribution < 1.29 is 4.79 Å². The number of H-pyrrole nitrogens is 1. The van der Waals surface area contributed by atoms with E-state index in [4.69, 9.17) is 11.6 Å². The molecule has 0 amide bonds. The van der Waals surface area contributed by atoms with Crippen molar-refractivity contribution in [2.75, 3.05) is 0 Å². The number of halogens is 1. The number of rotatable bonds is 1. The smallest absolute Gasteiger partial charge is 0.152 e. The molecule has 0 aliphatic rings. The van der Waals surface area contributed by atoms with E-state index < -0.39 is 0 Å². The zero-order valence-electron chi connectivity index (χ0n) is 7.10. The molecule has 0 fully saturated rings. The highest BCUT2D eigenvalue weighted by Gasteiger charge is 2.06. The minimum Gasteiger partial charge on any atom is -0.360 e. The summed E-state index contributed by atoms with van der Waals surface area (Å²) in [6, 6.07) is 3.82. The van der Waals surface area contributed by atoms with Crippen molar-refractivity contribution in [3.05, 3.63) is 34.5 Å². The van der Waals surface area contributed by atoms with Gasteiger partial charge in [0.1, 0.15) is 0 Å². The molecule has 2 aromatic rings. The van der Waals surface area contributed by atoms with Gasteiger partial charge in [-0.1, -0.05) is 11.6 Å². The van der Waals surface area contributed by atoms with Crippen LogP contribution in [0.2, 0.25) is 5.02 Å². The molecule has 1 N–H and O–H groups in total. The van der Waals surface area contributed by atoms with Gasteiger partial charge < -0.3 is 4.98 Å². The molecule has 2 rings (SSSR count). The highest BCUT2D eigenvalue weighted by Crippen LogP contribution is 2.27. The Bertz CT molecular complexity index is 473. The predicted octanol–water partition coefficient (Wildman–Crippen LogP) is 2.94. The molecule has 2 nitrogen and oxygen atoms in total. The van der Waals surface area contributed by atoms with Gasteiger partial charge in [0.2, 0.25) is 0 Å². The molecule has 0 aliphatic carbocycles. The molecule has 66 valence electrons. The Hall–Kier alpha value is -1.28. The number of hydrogen-bond acceptors (Lipinski definition) is 1. The maximum Gasteiger partial charge on any atom is 0.152 e. The Labute approximate surface area is 80.5 Å². The summed E-state index contributed by atoms with van der Waals surface area (Å²) in [5.74, 6) is 0. The van der Waals surface area contributed by atoms with Crippen molar-refractivity contribution in [2.24, 2.45) is 0 Å². The van der Waals surface area contributed by atoms with E-state index >= 15 is 0 Å². The molecule has 1 aromatic carbocycles. The summed E-state index contributed by atoms with van der Waals surface area (Å²) in [7, 11) is 0. The van der Waals surface area contributed by atoms with Gasteiger partial charge in [0.05, 0.1) is 5.02 Å². The van der Waals surface area contributed by atoms with Crippen LogP contribution in [0.1, 0.15) is 15.9 Å². The lowest BCUT2D eigenvalue weighted by molar-refractivity contribution is 0.112. The maximum absolute atomic E-state index is 10.6. The number of aryl methyl sites for hydroxylation is 1. The van der Waals surface area contributed by atoms with Gasteiger partial charge in [-0.3, -0.25) is 4.79 Å². The van der Waals surface area contributed by atoms with E-state index in [1.807, 2.05) is 19.1 Å². The molecular formula is C10H8ClNO. The van der Waals surface area contributed by atoms with Crippen molar-refractivity contribution >= 4 is 28.8 Å². The van der Waals surface area contributed by atoms with Crippen molar-refractivity contribution in [3.63, 3.8) is 0 Å². The zero-order valence-corrected chi connectivity index (χ0v) is 7.85. The number of aromatic nitrogens is 1. The Balaban J connectivity index is 2.89. The third-order valence-electron chi connectivity index (χ3n) is 2.03. The second-order valence-corrected chi connectivity index (χ2v) is 3.44. The average molecular weight is 194 g/mol. The molecule has 0 aliphatic heterocycles. The molecule has 1 aromatic heterocycles. The second kappa shape index (κ2) is 2.89. The van der Waals surface area contributed by atoms with E-state index in [0.717, 1.165) is 22.8 Å². The Morgan fingerprint density at radius 3 is 2.92 bits per heavy atom. The summed E-state index contributed by atoms with van der Waals surface area (Å²) in [6.45, 7) is 1.97. The summed E-state index contributed by atoms with van der Waals surface area (Å²) >= 11 is 6.01. The summed E-state index contributed by atoms with van der Waals surface area (Å²) in [4.78, 5) is 13.6. The summed E-state index contributed by atoms with van der Waals surface area (Å²) < 4.78 is 0. The number of benzene rings is 1. The van der Waals surface area contributed by atoms with E-state index in [9.17, 15) is 4.79 Å². The summed E-state index contributed by atoms with van der Waals surface area (Å²) in [5.41, 5.74) is 2.60. The van der Waals surface area contributed by atoms with Crippen molar-refractivity contribution in [1.29, 1.82) is 0 Å². The van der Waals surface area contributed by atoms with E-state index in [1.165, 1.54) is 0 Å². The number of carbonyl (C=O) groups excluding carboxylic acids is 1. The monoisotopic (exact) mass is 193 g/mol. The Morgan fingerprint density at radius 1 is 1.46 bits per heavy atom. The van der Waals surface area contributed by atoms with Crippen LogP contribution in [0.25, 0.3) is 10.9 Å². The lowest BCUT2D eigenvalue weighted by Crippen LogP contribution is -1.78. The summed E-state index contributed by atoms with van der Waals surface area (Å²) in [5, 5.41) is 1.43. The fourth-order valence-corrected chi connectivity index (χ4v) is 1.85. The standard InChI is InChI=1S/C10H8ClNO/c1-6-2-8(11)10-7(5-13)4-12-9(10)3-6/h2-5,12H,1H3. The predicted molar refractivity (Wildman–Crippen MR) is 53.4 cm³/mol. The normalized spacial score (nSPS) is 10.6. The molecule has 0 radical (unpaired) electrons. The van der Waals surface area contributed by atoms with E-state index in [-0.39, 0.29) is 0 Å². The molecule has 0 bridgehead atoms. The van der Waals surface area contributed by atoms with Crippen molar-refractivity contribution in [3.8, 4) is 0 Å². The fraction of sp³-hybridized carbons (Fsp3) is 0.100. The molecule has 3 heteroatoms. The summed E-state index contributed by atoms with van der Waals surface area (Å²) in [6.07, 6.45) is 2.48. The molecular weight excluding hydrogens is 186 g/mol. The number of nitrogens with one attached hydrogen (secondary N) is 1. The third-order valence-corrected chi connectivity index (χ3v) is 2.33. The van der Waals surface area contributed by atoms with E-state index in [0.29, 0.717) is 10.6 Å². The fourth-order valence-electron chi connectivity index (χ4n) is 1.47. The van der Waals surface area contributed by atoms with Gasteiger partial charge in [-0.05, 0) is 24.6 Å². The number of carbonyl (C=O) groups is 1. The first kappa shape index (κ1) is 8.32. The van der Waals surface area contributed by atoms with Gasteiger partial charge in [-0.2, -0.15) is 0 Å². The van der Waals surface area contributed by atoms with Gasteiger partial charge >= 0.3 is 0 Å². The van der Waals surface area contributed by atoms with Gasteiger partial charge in [0, 0.05) is 22.7 Å². The SMILES string of the molecule is Cc1cc(Cl)c2c(C=O)c[nH]c2c1. The van der Waals surface area contributed by atoms with Crippen LogP contribution in [0.5, 0.6) is 0 Å². The first-order chi connectivity index (χ1) is 6.22. The Morgan fingerprint density at radius 2 is 2.23 bits per heavy atom. The number of aldehydes is 1. The van der Waals surface area contributed by atoms with Crippen molar-refractivity contribution in [2.45, 2.75) is 6.92 Å². The van der Waals surface area contributed by atoms with E-state index in [1.54, 1.807) is 6.20 Å². The van der Waals surface area contributed by atoms with Crippen LogP contribution in [0.3, 0.4) is 0 Å². The zero-order chi connectivity index (χ0) is 9.42. The molecule has 0 unspecified atom stereocenters. The van der Waals surface area contributed by atoms with Crippen LogP contribution >= 0.6 is 11.6 Å².